The summed E-state index contributed by atoms with van der Waals surface area (Å²) in [5.74, 6) is 1.16. The fourth-order valence-corrected chi connectivity index (χ4v) is 6.17. The van der Waals surface area contributed by atoms with Crippen LogP contribution in [0.2, 0.25) is 0 Å². The van der Waals surface area contributed by atoms with Crippen molar-refractivity contribution in [1.82, 2.24) is 29.4 Å². The highest BCUT2D eigenvalue weighted by Crippen LogP contribution is 2.38. The van der Waals surface area contributed by atoms with Crippen LogP contribution in [-0.2, 0) is 14.8 Å². The number of piperidine rings is 1. The minimum Gasteiger partial charge on any atom is -0.494 e. The largest absolute Gasteiger partial charge is 0.494 e. The number of hydrogen-bond donors (Lipinski definition) is 1. The summed E-state index contributed by atoms with van der Waals surface area (Å²) in [5, 5.41) is 0. The number of carbonyl (C=O) groups excluding carboxylic acids is 1. The van der Waals surface area contributed by atoms with Crippen LogP contribution in [0.25, 0.3) is 28.5 Å². The minimum atomic E-state index is -3.84. The molecule has 13 nitrogen and oxygen atoms in total. The summed E-state index contributed by atoms with van der Waals surface area (Å²) >= 11 is 0. The van der Waals surface area contributed by atoms with Crippen molar-refractivity contribution < 1.29 is 27.4 Å². The highest BCUT2D eigenvalue weighted by Gasteiger charge is 2.29. The molecule has 3 aromatic heterocycles. The highest BCUT2D eigenvalue weighted by atomic mass is 32.2. The summed E-state index contributed by atoms with van der Waals surface area (Å²) in [6.45, 7) is 2.82. The molecule has 4 heterocycles. The number of benzene rings is 1. The molecule has 1 aliphatic rings. The van der Waals surface area contributed by atoms with Gasteiger partial charge in [0.25, 0.3) is 0 Å². The van der Waals surface area contributed by atoms with E-state index in [-0.39, 0.29) is 41.1 Å². The smallest absolute Gasteiger partial charge is 0.234 e. The van der Waals surface area contributed by atoms with Crippen LogP contribution in [0.5, 0.6) is 17.4 Å². The Morgan fingerprint density at radius 1 is 1.05 bits per heavy atom. The molecule has 5 rings (SSSR count). The van der Waals surface area contributed by atoms with Gasteiger partial charge in [-0.3, -0.25) is 14.1 Å². The van der Waals surface area contributed by atoms with Crippen molar-refractivity contribution in [2.45, 2.75) is 19.8 Å². The standard InChI is InChI=1S/C27H31N7O6S/c1-5-40-22-11-6-8-18(29-22)26-31-25-27(34(26)24-19(38-3)9-7-10-20(24)39-4)30-21(15-28-25)32-41(36,37)16-17-12-13-33(2)23(35)14-17/h6-11,15,17H,5,12-14,16H2,1-4H3,(H,30,32). The summed E-state index contributed by atoms with van der Waals surface area (Å²) in [7, 11) is 0.943. The maximum absolute atomic E-state index is 13.1. The fraction of sp³-hybridized carbons (Fsp3) is 0.370. The second-order valence-corrected chi connectivity index (χ2v) is 11.3. The number of hydrogen-bond acceptors (Lipinski definition) is 10. The molecule has 1 fully saturated rings. The molecule has 0 bridgehead atoms. The monoisotopic (exact) mass is 581 g/mol. The molecule has 0 spiro atoms. The van der Waals surface area contributed by atoms with Crippen molar-refractivity contribution in [2.75, 3.05) is 44.9 Å². The third-order valence-corrected chi connectivity index (χ3v) is 8.15. The molecule has 1 unspecified atom stereocenters. The van der Waals surface area contributed by atoms with E-state index >= 15 is 0 Å². The number of nitrogens with one attached hydrogen (secondary N) is 1. The number of sulfonamides is 1. The van der Waals surface area contributed by atoms with Gasteiger partial charge in [0.2, 0.25) is 21.8 Å². The summed E-state index contributed by atoms with van der Waals surface area (Å²) in [4.78, 5) is 32.0. The minimum absolute atomic E-state index is 0.00865. The summed E-state index contributed by atoms with van der Waals surface area (Å²) in [6.07, 6.45) is 2.09. The lowest BCUT2D eigenvalue weighted by Crippen LogP contribution is -2.38. The van der Waals surface area contributed by atoms with Crippen LogP contribution < -0.4 is 18.9 Å². The Kier molecular flexibility index (Phi) is 7.92. The lowest BCUT2D eigenvalue weighted by Gasteiger charge is -2.28. The van der Waals surface area contributed by atoms with Crippen molar-refractivity contribution >= 4 is 33.0 Å². The van der Waals surface area contributed by atoms with Crippen LogP contribution >= 0.6 is 0 Å². The molecular weight excluding hydrogens is 550 g/mol. The van der Waals surface area contributed by atoms with Crippen molar-refractivity contribution in [3.63, 3.8) is 0 Å². The second kappa shape index (κ2) is 11.6. The lowest BCUT2D eigenvalue weighted by atomic mass is 9.99. The van der Waals surface area contributed by atoms with Gasteiger partial charge in [-0.25, -0.2) is 28.4 Å². The van der Waals surface area contributed by atoms with Crippen LogP contribution in [0.4, 0.5) is 5.82 Å². The normalized spacial score (nSPS) is 15.7. The number of pyridine rings is 1. The maximum Gasteiger partial charge on any atom is 0.234 e. The van der Waals surface area contributed by atoms with Crippen LogP contribution in [0.1, 0.15) is 19.8 Å². The first kappa shape index (κ1) is 28.1. The van der Waals surface area contributed by atoms with Gasteiger partial charge in [-0.1, -0.05) is 12.1 Å². The Morgan fingerprint density at radius 2 is 1.78 bits per heavy atom. The molecule has 1 atom stereocenters. The Hall–Kier alpha value is -4.46. The van der Waals surface area contributed by atoms with E-state index in [0.29, 0.717) is 54.2 Å². The first-order valence-corrected chi connectivity index (χ1v) is 14.7. The van der Waals surface area contributed by atoms with E-state index in [2.05, 4.69) is 19.7 Å². The van der Waals surface area contributed by atoms with Gasteiger partial charge in [0, 0.05) is 26.1 Å². The van der Waals surface area contributed by atoms with E-state index < -0.39 is 10.0 Å². The predicted molar refractivity (Wildman–Crippen MR) is 152 cm³/mol. The molecule has 216 valence electrons. The van der Waals surface area contributed by atoms with Gasteiger partial charge in [-0.2, -0.15) is 0 Å². The third-order valence-electron chi connectivity index (χ3n) is 6.72. The molecule has 14 heteroatoms. The van der Waals surface area contributed by atoms with Crippen LogP contribution in [0.15, 0.2) is 42.6 Å². The zero-order valence-electron chi connectivity index (χ0n) is 23.2. The lowest BCUT2D eigenvalue weighted by molar-refractivity contribution is -0.133. The van der Waals surface area contributed by atoms with Crippen molar-refractivity contribution in [1.29, 1.82) is 0 Å². The van der Waals surface area contributed by atoms with Crippen molar-refractivity contribution in [2.24, 2.45) is 5.92 Å². The Morgan fingerprint density at radius 3 is 2.46 bits per heavy atom. The van der Waals surface area contributed by atoms with Crippen LogP contribution in [0, 0.1) is 5.92 Å². The molecule has 1 N–H and O–H groups in total. The SMILES string of the molecule is CCOc1cccc(-c2nc3ncc(NS(=O)(=O)CC4CCN(C)C(=O)C4)nc3n2-c2c(OC)cccc2OC)n1. The molecule has 1 saturated heterocycles. The predicted octanol–water partition coefficient (Wildman–Crippen LogP) is 2.90. The number of anilines is 1. The second-order valence-electron chi connectivity index (χ2n) is 9.54. The molecule has 0 saturated carbocycles. The number of fused-ring (bicyclic) bond motifs is 1. The molecule has 1 amide bonds. The average molecular weight is 582 g/mol. The van der Waals surface area contributed by atoms with Gasteiger partial charge in [0.1, 0.15) is 22.9 Å². The number of rotatable bonds is 10. The topological polar surface area (TPSA) is 151 Å². The number of amides is 1. The molecule has 1 aliphatic heterocycles. The van der Waals surface area contributed by atoms with E-state index in [9.17, 15) is 13.2 Å². The Bertz CT molecular complexity index is 1670. The zero-order chi connectivity index (χ0) is 29.1. The van der Waals surface area contributed by atoms with Gasteiger partial charge in [0.15, 0.2) is 22.9 Å². The van der Waals surface area contributed by atoms with E-state index in [1.54, 1.807) is 52.9 Å². The van der Waals surface area contributed by atoms with E-state index in [1.165, 1.54) is 20.4 Å². The van der Waals surface area contributed by atoms with Gasteiger partial charge in [-0.15, -0.1) is 0 Å². The molecule has 41 heavy (non-hydrogen) atoms. The van der Waals surface area contributed by atoms with Gasteiger partial charge >= 0.3 is 0 Å². The van der Waals surface area contributed by atoms with Crippen LogP contribution in [-0.4, -0.2) is 83.9 Å². The molecule has 0 radical (unpaired) electrons. The number of aromatic nitrogens is 5. The summed E-state index contributed by atoms with van der Waals surface area (Å²) in [6, 6.07) is 10.6. The van der Waals surface area contributed by atoms with Gasteiger partial charge in [0.05, 0.1) is 32.8 Å². The van der Waals surface area contributed by atoms with E-state index in [1.807, 2.05) is 6.92 Å². The number of ether oxygens (including phenoxy) is 3. The quantitative estimate of drug-likeness (QED) is 0.296. The number of likely N-dealkylation sites (tertiary alicyclic amines) is 1. The molecular formula is C27H31N7O6S. The van der Waals surface area contributed by atoms with Gasteiger partial charge in [-0.05, 0) is 37.5 Å². The third kappa shape index (κ3) is 5.87. The number of nitrogens with zero attached hydrogens (tertiary/aromatic N) is 6. The van der Waals surface area contributed by atoms with E-state index in [4.69, 9.17) is 19.2 Å². The summed E-state index contributed by atoms with van der Waals surface area (Å²) in [5.41, 5.74) is 1.46. The molecule has 1 aromatic carbocycles. The zero-order valence-corrected chi connectivity index (χ0v) is 24.0. The number of para-hydroxylation sites is 1. The highest BCUT2D eigenvalue weighted by molar-refractivity contribution is 7.92. The van der Waals surface area contributed by atoms with E-state index in [0.717, 1.165) is 0 Å². The first-order valence-electron chi connectivity index (χ1n) is 13.0. The number of methoxy groups -OCH3 is 2. The maximum atomic E-state index is 13.1. The Balaban J connectivity index is 1.61. The van der Waals surface area contributed by atoms with Crippen molar-refractivity contribution in [3.05, 3.63) is 42.6 Å². The van der Waals surface area contributed by atoms with Crippen LogP contribution in [0.3, 0.4) is 0 Å². The molecule has 4 aromatic rings. The first-order chi connectivity index (χ1) is 19.7. The molecule has 0 aliphatic carbocycles. The Labute approximate surface area is 237 Å². The summed E-state index contributed by atoms with van der Waals surface area (Å²) < 4.78 is 47.3. The fourth-order valence-electron chi connectivity index (χ4n) is 4.76. The number of imidazole rings is 1. The van der Waals surface area contributed by atoms with Crippen molar-refractivity contribution in [3.8, 4) is 34.6 Å². The number of carbonyl (C=O) groups is 1. The average Bonchev–Trinajstić information content (AvgIpc) is 3.33. The van der Waals surface area contributed by atoms with Gasteiger partial charge < -0.3 is 19.1 Å².